The van der Waals surface area contributed by atoms with Gasteiger partial charge in [0.1, 0.15) is 6.54 Å². The number of carbonyl (C=O) groups is 3. The van der Waals surface area contributed by atoms with E-state index in [1.165, 1.54) is 11.8 Å². The monoisotopic (exact) mass is 443 g/mol. The Balaban J connectivity index is 1.16. The van der Waals surface area contributed by atoms with Gasteiger partial charge in [-0.05, 0) is 36.0 Å². The van der Waals surface area contributed by atoms with E-state index in [4.69, 9.17) is 11.6 Å². The molecule has 2 aromatic rings. The number of imide groups is 1. The second-order valence-electron chi connectivity index (χ2n) is 7.69. The second kappa shape index (κ2) is 7.55. The lowest BCUT2D eigenvalue weighted by atomic mass is 9.85. The minimum atomic E-state index is -0.484. The Morgan fingerprint density at radius 1 is 1.17 bits per heavy atom. The normalized spacial score (nSPS) is 26.5. The molecule has 4 atom stereocenters. The molecule has 2 N–H and O–H groups in total. The zero-order valence-electron chi connectivity index (χ0n) is 15.7. The van der Waals surface area contributed by atoms with Crippen molar-refractivity contribution in [3.8, 4) is 0 Å². The van der Waals surface area contributed by atoms with Crippen LogP contribution in [0.5, 0.6) is 0 Å². The molecule has 5 rings (SSSR count). The number of allylic oxidation sites excluding steroid dienone is 2. The van der Waals surface area contributed by atoms with Gasteiger partial charge in [-0.25, -0.2) is 5.10 Å². The van der Waals surface area contributed by atoms with Crippen LogP contribution in [0.3, 0.4) is 0 Å². The van der Waals surface area contributed by atoms with Gasteiger partial charge in [-0.1, -0.05) is 47.6 Å². The molecule has 154 valence electrons. The number of fused-ring (bicyclic) bond motifs is 5. The number of rotatable bonds is 6. The maximum atomic E-state index is 12.7. The first kappa shape index (κ1) is 19.3. The maximum Gasteiger partial charge on any atom is 0.246 e. The van der Waals surface area contributed by atoms with Crippen molar-refractivity contribution in [2.24, 2.45) is 23.7 Å². The molecule has 2 heterocycles. The predicted molar refractivity (Wildman–Crippen MR) is 110 cm³/mol. The molecule has 3 amide bonds. The Bertz CT molecular complexity index is 1020. The SMILES string of the molecule is O=C(CN1C(=O)[C@@H]2[C@H](C1=O)[C@H]1C=C[C@@H]2C1)Nc1nc(SCc2ccc(Cl)cc2)n[nH]1. The number of aromatic amines is 1. The van der Waals surface area contributed by atoms with Crippen molar-refractivity contribution in [3.05, 3.63) is 47.0 Å². The molecule has 2 fully saturated rings. The van der Waals surface area contributed by atoms with E-state index in [2.05, 4.69) is 20.5 Å². The maximum absolute atomic E-state index is 12.7. The number of benzene rings is 1. The summed E-state index contributed by atoms with van der Waals surface area (Å²) in [7, 11) is 0. The van der Waals surface area contributed by atoms with Crippen LogP contribution in [0.15, 0.2) is 41.6 Å². The highest BCUT2D eigenvalue weighted by Gasteiger charge is 2.59. The summed E-state index contributed by atoms with van der Waals surface area (Å²) in [5.41, 5.74) is 1.07. The quantitative estimate of drug-likeness (QED) is 0.403. The molecule has 0 unspecified atom stereocenters. The number of likely N-dealkylation sites (tertiary alicyclic amines) is 1. The van der Waals surface area contributed by atoms with E-state index in [1.807, 2.05) is 36.4 Å². The van der Waals surface area contributed by atoms with Gasteiger partial charge in [0.05, 0.1) is 11.8 Å². The summed E-state index contributed by atoms with van der Waals surface area (Å²) >= 11 is 7.28. The van der Waals surface area contributed by atoms with E-state index in [1.54, 1.807) is 0 Å². The molecule has 10 heteroatoms. The molecule has 8 nitrogen and oxygen atoms in total. The lowest BCUT2D eigenvalue weighted by Gasteiger charge is -2.16. The van der Waals surface area contributed by atoms with E-state index >= 15 is 0 Å². The molecule has 1 aromatic heterocycles. The van der Waals surface area contributed by atoms with Crippen LogP contribution < -0.4 is 5.32 Å². The molecule has 2 bridgehead atoms. The average Bonchev–Trinajstić information content (AvgIpc) is 3.49. The van der Waals surface area contributed by atoms with Gasteiger partial charge in [-0.2, -0.15) is 4.98 Å². The van der Waals surface area contributed by atoms with Crippen molar-refractivity contribution >= 4 is 47.0 Å². The lowest BCUT2D eigenvalue weighted by molar-refractivity contribution is -0.143. The fraction of sp³-hybridized carbons (Fsp3) is 0.350. The summed E-state index contributed by atoms with van der Waals surface area (Å²) in [6.07, 6.45) is 4.91. The highest BCUT2D eigenvalue weighted by Crippen LogP contribution is 2.52. The zero-order valence-corrected chi connectivity index (χ0v) is 17.3. The molecule has 2 aliphatic carbocycles. The number of H-pyrrole nitrogens is 1. The van der Waals surface area contributed by atoms with E-state index < -0.39 is 5.91 Å². The summed E-state index contributed by atoms with van der Waals surface area (Å²) in [4.78, 5) is 43.0. The highest BCUT2D eigenvalue weighted by molar-refractivity contribution is 7.98. The number of anilines is 1. The van der Waals surface area contributed by atoms with Crippen LogP contribution in [0, 0.1) is 23.7 Å². The summed E-state index contributed by atoms with van der Waals surface area (Å²) in [6, 6.07) is 7.48. The summed E-state index contributed by atoms with van der Waals surface area (Å²) < 4.78 is 0. The molecule has 30 heavy (non-hydrogen) atoms. The van der Waals surface area contributed by atoms with Crippen LogP contribution >= 0.6 is 23.4 Å². The minimum absolute atomic E-state index is 0.124. The van der Waals surface area contributed by atoms with Crippen LogP contribution in [0.25, 0.3) is 0 Å². The number of aromatic nitrogens is 3. The number of hydrogen-bond acceptors (Lipinski definition) is 6. The van der Waals surface area contributed by atoms with Crippen molar-refractivity contribution in [1.82, 2.24) is 20.1 Å². The van der Waals surface area contributed by atoms with Gasteiger partial charge in [0.2, 0.25) is 28.8 Å². The first-order chi connectivity index (χ1) is 14.5. The van der Waals surface area contributed by atoms with E-state index in [0.29, 0.717) is 15.9 Å². The van der Waals surface area contributed by atoms with Gasteiger partial charge in [0, 0.05) is 10.8 Å². The van der Waals surface area contributed by atoms with Crippen molar-refractivity contribution in [3.63, 3.8) is 0 Å². The van der Waals surface area contributed by atoms with Crippen molar-refractivity contribution < 1.29 is 14.4 Å². The Morgan fingerprint density at radius 3 is 2.50 bits per heavy atom. The van der Waals surface area contributed by atoms with Crippen molar-refractivity contribution in [2.45, 2.75) is 17.3 Å². The van der Waals surface area contributed by atoms with E-state index in [-0.39, 0.29) is 48.0 Å². The van der Waals surface area contributed by atoms with Gasteiger partial charge in [0.15, 0.2) is 0 Å². The molecule has 1 aromatic carbocycles. The first-order valence-corrected chi connectivity index (χ1v) is 11.0. The third-order valence-electron chi connectivity index (χ3n) is 5.87. The number of thioether (sulfide) groups is 1. The van der Waals surface area contributed by atoms with Crippen LogP contribution in [-0.4, -0.2) is 44.3 Å². The van der Waals surface area contributed by atoms with Gasteiger partial charge in [-0.15, -0.1) is 5.10 Å². The number of nitrogens with zero attached hydrogens (tertiary/aromatic N) is 3. The molecule has 0 radical (unpaired) electrons. The summed E-state index contributed by atoms with van der Waals surface area (Å²) in [5, 5.41) is 10.5. The standard InChI is InChI=1S/C20H18ClN5O3S/c21-13-5-1-10(2-6-13)9-30-20-23-19(24-25-20)22-14(27)8-26-17(28)15-11-3-4-12(7-11)16(15)18(26)29/h1-6,11-12,15-16H,7-9H2,(H2,22,23,24,25,27)/t11-,12+,15+,16-. The molecule has 0 spiro atoms. The fourth-order valence-corrected chi connectivity index (χ4v) is 5.41. The van der Waals surface area contributed by atoms with Crippen LogP contribution in [0.4, 0.5) is 5.95 Å². The molecule has 1 saturated carbocycles. The Morgan fingerprint density at radius 2 is 1.83 bits per heavy atom. The second-order valence-corrected chi connectivity index (χ2v) is 9.07. The Kier molecular flexibility index (Phi) is 4.86. The molecular formula is C20H18ClN5O3S. The number of carbonyl (C=O) groups excluding carboxylic acids is 3. The molecule has 1 saturated heterocycles. The Labute approximate surface area is 181 Å². The highest BCUT2D eigenvalue weighted by atomic mass is 35.5. The Hall–Kier alpha value is -2.65. The fourth-order valence-electron chi connectivity index (χ4n) is 4.53. The van der Waals surface area contributed by atoms with Gasteiger partial charge in [-0.3, -0.25) is 24.6 Å². The van der Waals surface area contributed by atoms with E-state index in [0.717, 1.165) is 16.9 Å². The van der Waals surface area contributed by atoms with Crippen LogP contribution in [0.2, 0.25) is 5.02 Å². The largest absolute Gasteiger partial charge is 0.293 e. The summed E-state index contributed by atoms with van der Waals surface area (Å²) in [6.45, 7) is -0.307. The topological polar surface area (TPSA) is 108 Å². The van der Waals surface area contributed by atoms with Crippen LogP contribution in [0.1, 0.15) is 12.0 Å². The molecular weight excluding hydrogens is 426 g/mol. The third-order valence-corrected chi connectivity index (χ3v) is 7.04. The first-order valence-electron chi connectivity index (χ1n) is 9.62. The van der Waals surface area contributed by atoms with Crippen molar-refractivity contribution in [1.29, 1.82) is 0 Å². The smallest absolute Gasteiger partial charge is 0.246 e. The molecule has 1 aliphatic heterocycles. The van der Waals surface area contributed by atoms with E-state index in [9.17, 15) is 14.4 Å². The number of hydrogen-bond donors (Lipinski definition) is 2. The van der Waals surface area contributed by atoms with Gasteiger partial charge < -0.3 is 0 Å². The number of nitrogens with one attached hydrogen (secondary N) is 2. The van der Waals surface area contributed by atoms with Crippen LogP contribution in [-0.2, 0) is 20.1 Å². The zero-order chi connectivity index (χ0) is 20.8. The third kappa shape index (κ3) is 3.41. The predicted octanol–water partition coefficient (Wildman–Crippen LogP) is 2.50. The van der Waals surface area contributed by atoms with Crippen molar-refractivity contribution in [2.75, 3.05) is 11.9 Å². The lowest BCUT2D eigenvalue weighted by Crippen LogP contribution is -2.39. The average molecular weight is 444 g/mol. The molecule has 3 aliphatic rings. The van der Waals surface area contributed by atoms with Gasteiger partial charge >= 0.3 is 0 Å². The van der Waals surface area contributed by atoms with Gasteiger partial charge in [0.25, 0.3) is 0 Å². The minimum Gasteiger partial charge on any atom is -0.293 e. The number of amides is 3. The number of halogens is 1. The summed E-state index contributed by atoms with van der Waals surface area (Å²) in [5.74, 6) is -0.497.